The van der Waals surface area contributed by atoms with Crippen LogP contribution in [0.5, 0.6) is 0 Å². The molecular weight excluding hydrogens is 180 g/mol. The van der Waals surface area contributed by atoms with Gasteiger partial charge >= 0.3 is 5.97 Å². The van der Waals surface area contributed by atoms with Gasteiger partial charge in [-0.1, -0.05) is 0 Å². The van der Waals surface area contributed by atoms with Gasteiger partial charge in [0.25, 0.3) is 0 Å². The van der Waals surface area contributed by atoms with Gasteiger partial charge in [0.2, 0.25) is 0 Å². The van der Waals surface area contributed by atoms with E-state index < -0.39 is 5.97 Å². The van der Waals surface area contributed by atoms with E-state index in [1.807, 2.05) is 29.7 Å². The van der Waals surface area contributed by atoms with Crippen LogP contribution in [0.15, 0.2) is 24.7 Å². The average molecular weight is 190 g/mol. The molecule has 2 heterocycles. The molecule has 14 heavy (non-hydrogen) atoms. The minimum atomic E-state index is -0.855. The zero-order chi connectivity index (χ0) is 10.1. The summed E-state index contributed by atoms with van der Waals surface area (Å²) >= 11 is 0. The van der Waals surface area contributed by atoms with Gasteiger partial charge in [-0.15, -0.1) is 0 Å². The van der Waals surface area contributed by atoms with E-state index in [4.69, 9.17) is 5.11 Å². The van der Waals surface area contributed by atoms with E-state index in [1.165, 1.54) is 0 Å². The highest BCUT2D eigenvalue weighted by atomic mass is 16.4. The van der Waals surface area contributed by atoms with Crippen molar-refractivity contribution in [3.8, 4) is 0 Å². The maximum atomic E-state index is 10.5. The number of carboxylic acid groups (broad SMARTS) is 1. The Morgan fingerprint density at radius 1 is 1.64 bits per heavy atom. The van der Waals surface area contributed by atoms with Crippen LogP contribution in [0.4, 0.5) is 0 Å². The average Bonchev–Trinajstić information content (AvgIpc) is 2.47. The van der Waals surface area contributed by atoms with E-state index in [0.717, 1.165) is 11.1 Å². The first-order valence-corrected chi connectivity index (χ1v) is 4.31. The number of carbonyl (C=O) groups is 1. The summed E-state index contributed by atoms with van der Waals surface area (Å²) in [6, 6.07) is 3.89. The smallest absolute Gasteiger partial charge is 0.309 e. The number of aliphatic carboxylic acids is 1. The van der Waals surface area contributed by atoms with Crippen LogP contribution in [-0.2, 0) is 11.2 Å². The van der Waals surface area contributed by atoms with E-state index in [9.17, 15) is 4.79 Å². The number of rotatable bonds is 2. The second kappa shape index (κ2) is 3.14. The molecule has 0 aliphatic rings. The van der Waals surface area contributed by atoms with Crippen LogP contribution in [-0.4, -0.2) is 20.5 Å². The molecule has 4 nitrogen and oxygen atoms in total. The van der Waals surface area contributed by atoms with Crippen LogP contribution in [0, 0.1) is 6.92 Å². The summed E-state index contributed by atoms with van der Waals surface area (Å²) < 4.78 is 1.82. The van der Waals surface area contributed by atoms with E-state index in [0.29, 0.717) is 5.69 Å². The number of imidazole rings is 1. The van der Waals surface area contributed by atoms with Crippen molar-refractivity contribution in [3.63, 3.8) is 0 Å². The molecule has 0 bridgehead atoms. The van der Waals surface area contributed by atoms with Gasteiger partial charge in [0.1, 0.15) is 0 Å². The SMILES string of the molecule is Cc1ccn2cnc(CC(=O)O)c2c1. The number of nitrogens with zero attached hydrogens (tertiary/aromatic N) is 2. The van der Waals surface area contributed by atoms with Crippen LogP contribution in [0.2, 0.25) is 0 Å². The Kier molecular flexibility index (Phi) is 1.96. The van der Waals surface area contributed by atoms with Crippen molar-refractivity contribution >= 4 is 11.5 Å². The van der Waals surface area contributed by atoms with Crippen molar-refractivity contribution < 1.29 is 9.90 Å². The van der Waals surface area contributed by atoms with Crippen LogP contribution >= 0.6 is 0 Å². The number of aromatic nitrogens is 2. The van der Waals surface area contributed by atoms with Gasteiger partial charge in [-0.2, -0.15) is 0 Å². The lowest BCUT2D eigenvalue weighted by atomic mass is 10.2. The molecular formula is C10H10N2O2. The van der Waals surface area contributed by atoms with Crippen LogP contribution in [0.1, 0.15) is 11.3 Å². The van der Waals surface area contributed by atoms with Crippen molar-refractivity contribution in [2.75, 3.05) is 0 Å². The molecule has 0 saturated heterocycles. The summed E-state index contributed by atoms with van der Waals surface area (Å²) in [5, 5.41) is 8.66. The van der Waals surface area contributed by atoms with Crippen LogP contribution in [0.25, 0.3) is 5.52 Å². The van der Waals surface area contributed by atoms with Gasteiger partial charge in [0.15, 0.2) is 0 Å². The molecule has 0 atom stereocenters. The number of aryl methyl sites for hydroxylation is 1. The fourth-order valence-electron chi connectivity index (χ4n) is 1.43. The third-order valence-electron chi connectivity index (χ3n) is 2.09. The van der Waals surface area contributed by atoms with Gasteiger partial charge in [-0.25, -0.2) is 4.98 Å². The monoisotopic (exact) mass is 190 g/mol. The van der Waals surface area contributed by atoms with Gasteiger partial charge in [0, 0.05) is 6.20 Å². The predicted octanol–water partition coefficient (Wildman–Crippen LogP) is 1.27. The summed E-state index contributed by atoms with van der Waals surface area (Å²) in [5.74, 6) is -0.855. The first-order chi connectivity index (χ1) is 6.66. The van der Waals surface area contributed by atoms with Gasteiger partial charge in [-0.05, 0) is 24.6 Å². The molecule has 1 N–H and O–H groups in total. The Labute approximate surface area is 80.8 Å². The lowest BCUT2D eigenvalue weighted by molar-refractivity contribution is -0.136. The van der Waals surface area contributed by atoms with Crippen molar-refractivity contribution in [1.29, 1.82) is 0 Å². The second-order valence-electron chi connectivity index (χ2n) is 3.26. The Hall–Kier alpha value is -1.84. The first-order valence-electron chi connectivity index (χ1n) is 4.31. The molecule has 72 valence electrons. The maximum Gasteiger partial charge on any atom is 0.309 e. The molecule has 0 amide bonds. The van der Waals surface area contributed by atoms with Gasteiger partial charge < -0.3 is 9.51 Å². The third kappa shape index (κ3) is 1.46. The number of fused-ring (bicyclic) bond motifs is 1. The zero-order valence-electron chi connectivity index (χ0n) is 7.77. The lowest BCUT2D eigenvalue weighted by Gasteiger charge is -1.97. The van der Waals surface area contributed by atoms with E-state index >= 15 is 0 Å². The Balaban J connectivity index is 2.55. The largest absolute Gasteiger partial charge is 0.481 e. The summed E-state index contributed by atoms with van der Waals surface area (Å²) in [6.45, 7) is 1.97. The summed E-state index contributed by atoms with van der Waals surface area (Å²) in [5.41, 5.74) is 2.58. The minimum absolute atomic E-state index is 0.0278. The molecule has 0 spiro atoms. The van der Waals surface area contributed by atoms with Crippen molar-refractivity contribution in [3.05, 3.63) is 35.9 Å². The molecule has 0 aliphatic carbocycles. The van der Waals surface area contributed by atoms with Gasteiger partial charge in [0.05, 0.1) is 24.0 Å². The minimum Gasteiger partial charge on any atom is -0.481 e. The quantitative estimate of drug-likeness (QED) is 0.775. The van der Waals surface area contributed by atoms with Crippen molar-refractivity contribution in [1.82, 2.24) is 9.38 Å². The molecule has 2 aromatic heterocycles. The first kappa shape index (κ1) is 8.74. The fraction of sp³-hybridized carbons (Fsp3) is 0.200. The zero-order valence-corrected chi connectivity index (χ0v) is 7.77. The summed E-state index contributed by atoms with van der Waals surface area (Å²) in [4.78, 5) is 14.6. The van der Waals surface area contributed by atoms with Crippen LogP contribution < -0.4 is 0 Å². The Morgan fingerprint density at radius 2 is 2.43 bits per heavy atom. The molecule has 2 aromatic rings. The molecule has 0 aromatic carbocycles. The molecule has 2 rings (SSSR count). The third-order valence-corrected chi connectivity index (χ3v) is 2.09. The normalized spacial score (nSPS) is 10.6. The molecule has 0 fully saturated rings. The number of hydrogen-bond acceptors (Lipinski definition) is 2. The molecule has 4 heteroatoms. The molecule has 0 saturated carbocycles. The highest BCUT2D eigenvalue weighted by molar-refractivity contribution is 5.73. The van der Waals surface area contributed by atoms with Gasteiger partial charge in [-0.3, -0.25) is 4.79 Å². The Morgan fingerprint density at radius 3 is 3.14 bits per heavy atom. The highest BCUT2D eigenvalue weighted by Crippen LogP contribution is 2.11. The van der Waals surface area contributed by atoms with E-state index in [2.05, 4.69) is 4.98 Å². The highest BCUT2D eigenvalue weighted by Gasteiger charge is 2.07. The molecule has 0 unspecified atom stereocenters. The number of pyridine rings is 1. The van der Waals surface area contributed by atoms with Crippen molar-refractivity contribution in [2.24, 2.45) is 0 Å². The summed E-state index contributed by atoms with van der Waals surface area (Å²) in [6.07, 6.45) is 3.48. The lowest BCUT2D eigenvalue weighted by Crippen LogP contribution is -2.00. The van der Waals surface area contributed by atoms with E-state index in [1.54, 1.807) is 6.33 Å². The number of hydrogen-bond donors (Lipinski definition) is 1. The molecule has 0 radical (unpaired) electrons. The maximum absolute atomic E-state index is 10.5. The van der Waals surface area contributed by atoms with E-state index in [-0.39, 0.29) is 6.42 Å². The standard InChI is InChI=1S/C10H10N2O2/c1-7-2-3-12-6-11-8(5-10(13)14)9(12)4-7/h2-4,6H,5H2,1H3,(H,13,14). The topological polar surface area (TPSA) is 54.6 Å². The number of carboxylic acids is 1. The summed E-state index contributed by atoms with van der Waals surface area (Å²) in [7, 11) is 0. The fourth-order valence-corrected chi connectivity index (χ4v) is 1.43. The molecule has 0 aliphatic heterocycles. The Bertz CT molecular complexity index is 488. The van der Waals surface area contributed by atoms with Crippen molar-refractivity contribution in [2.45, 2.75) is 13.3 Å². The second-order valence-corrected chi connectivity index (χ2v) is 3.26. The van der Waals surface area contributed by atoms with Crippen LogP contribution in [0.3, 0.4) is 0 Å². The predicted molar refractivity (Wildman–Crippen MR) is 51.3 cm³/mol.